The van der Waals surface area contributed by atoms with Crippen molar-refractivity contribution in [3.05, 3.63) is 53.7 Å². The molecule has 0 atom stereocenters. The molecule has 3 heterocycles. The van der Waals surface area contributed by atoms with Gasteiger partial charge in [-0.05, 0) is 72.6 Å². The van der Waals surface area contributed by atoms with Gasteiger partial charge in [-0.3, -0.25) is 9.78 Å². The molecule has 4 nitrogen and oxygen atoms in total. The molecule has 1 amide bonds. The normalized spacial score (nSPS) is 15.4. The van der Waals surface area contributed by atoms with E-state index < -0.39 is 0 Å². The summed E-state index contributed by atoms with van der Waals surface area (Å²) >= 11 is 1.56. The van der Waals surface area contributed by atoms with E-state index in [4.69, 9.17) is 0 Å². The minimum atomic E-state index is 0.0465. The molecule has 1 aliphatic heterocycles. The van der Waals surface area contributed by atoms with Crippen LogP contribution in [0, 0.1) is 5.92 Å². The highest BCUT2D eigenvalue weighted by atomic mass is 32.1. The second kappa shape index (κ2) is 7.33. The van der Waals surface area contributed by atoms with Crippen molar-refractivity contribution >= 4 is 27.3 Å². The van der Waals surface area contributed by atoms with E-state index in [9.17, 15) is 4.79 Å². The third kappa shape index (κ3) is 3.72. The zero-order valence-electron chi connectivity index (χ0n) is 14.0. The lowest BCUT2D eigenvalue weighted by Crippen LogP contribution is -2.35. The standard InChI is InChI=1S/C20H21N3OS/c24-20(23-13-14-3-7-21-8-4-14)19-12-17-2-1-16(11-18(17)25-19)15-5-9-22-10-6-15/h1-2,5-6,9-12,14,21H,3-4,7-8,13H2,(H,23,24). The maximum absolute atomic E-state index is 12.5. The van der Waals surface area contributed by atoms with Crippen molar-refractivity contribution in [2.24, 2.45) is 5.92 Å². The average molecular weight is 351 g/mol. The summed E-state index contributed by atoms with van der Waals surface area (Å²) in [7, 11) is 0. The molecule has 0 spiro atoms. The summed E-state index contributed by atoms with van der Waals surface area (Å²) < 4.78 is 1.14. The van der Waals surface area contributed by atoms with Gasteiger partial charge in [-0.1, -0.05) is 12.1 Å². The third-order valence-corrected chi connectivity index (χ3v) is 5.86. The molecular formula is C20H21N3OS. The largest absolute Gasteiger partial charge is 0.351 e. The molecule has 2 N–H and O–H groups in total. The summed E-state index contributed by atoms with van der Waals surface area (Å²) in [6.45, 7) is 2.89. The van der Waals surface area contributed by atoms with Gasteiger partial charge in [0, 0.05) is 23.6 Å². The summed E-state index contributed by atoms with van der Waals surface area (Å²) in [5.74, 6) is 0.642. The van der Waals surface area contributed by atoms with Crippen LogP contribution in [0.2, 0.25) is 0 Å². The Bertz CT molecular complexity index is 869. The predicted molar refractivity (Wildman–Crippen MR) is 103 cm³/mol. The number of pyridine rings is 1. The van der Waals surface area contributed by atoms with Gasteiger partial charge in [-0.25, -0.2) is 0 Å². The van der Waals surface area contributed by atoms with Gasteiger partial charge in [0.25, 0.3) is 5.91 Å². The van der Waals surface area contributed by atoms with Gasteiger partial charge < -0.3 is 10.6 Å². The molecule has 1 saturated heterocycles. The Morgan fingerprint density at radius 3 is 2.72 bits per heavy atom. The number of nitrogens with zero attached hydrogens (tertiary/aromatic N) is 1. The van der Waals surface area contributed by atoms with Crippen molar-refractivity contribution in [3.63, 3.8) is 0 Å². The number of carbonyl (C=O) groups excluding carboxylic acids is 1. The molecule has 2 aromatic heterocycles. The minimum absolute atomic E-state index is 0.0465. The van der Waals surface area contributed by atoms with Crippen molar-refractivity contribution in [1.29, 1.82) is 0 Å². The van der Waals surface area contributed by atoms with Gasteiger partial charge >= 0.3 is 0 Å². The SMILES string of the molecule is O=C(NCC1CCNCC1)c1cc2ccc(-c3ccncc3)cc2s1. The van der Waals surface area contributed by atoms with Crippen LogP contribution in [0.5, 0.6) is 0 Å². The maximum Gasteiger partial charge on any atom is 0.261 e. The van der Waals surface area contributed by atoms with Crippen LogP contribution >= 0.6 is 11.3 Å². The topological polar surface area (TPSA) is 54.0 Å². The van der Waals surface area contributed by atoms with E-state index in [0.29, 0.717) is 5.92 Å². The van der Waals surface area contributed by atoms with Crippen LogP contribution in [0.4, 0.5) is 0 Å². The summed E-state index contributed by atoms with van der Waals surface area (Å²) in [5.41, 5.74) is 2.29. The third-order valence-electron chi connectivity index (χ3n) is 4.77. The molecule has 1 aliphatic rings. The Labute approximate surface area is 151 Å². The zero-order valence-corrected chi connectivity index (χ0v) is 14.8. The Morgan fingerprint density at radius 2 is 1.92 bits per heavy atom. The molecule has 0 saturated carbocycles. The number of piperidine rings is 1. The average Bonchev–Trinajstić information content (AvgIpc) is 3.11. The second-order valence-corrected chi connectivity index (χ2v) is 7.59. The molecule has 128 valence electrons. The Hall–Kier alpha value is -2.24. The Kier molecular flexibility index (Phi) is 4.76. The highest BCUT2D eigenvalue weighted by Crippen LogP contribution is 2.30. The number of hydrogen-bond donors (Lipinski definition) is 2. The summed E-state index contributed by atoms with van der Waals surface area (Å²) in [6, 6.07) is 12.3. The van der Waals surface area contributed by atoms with E-state index in [1.54, 1.807) is 23.7 Å². The number of thiophene rings is 1. The molecule has 5 heteroatoms. The van der Waals surface area contributed by atoms with Crippen molar-refractivity contribution in [2.75, 3.05) is 19.6 Å². The molecular weight excluding hydrogens is 330 g/mol. The number of aromatic nitrogens is 1. The highest BCUT2D eigenvalue weighted by Gasteiger charge is 2.16. The monoisotopic (exact) mass is 351 g/mol. The molecule has 3 aromatic rings. The van der Waals surface area contributed by atoms with E-state index in [-0.39, 0.29) is 5.91 Å². The van der Waals surface area contributed by atoms with Gasteiger partial charge in [-0.2, -0.15) is 0 Å². The summed E-state index contributed by atoms with van der Waals surface area (Å²) in [4.78, 5) is 17.3. The first-order valence-corrected chi connectivity index (χ1v) is 9.54. The molecule has 1 fully saturated rings. The van der Waals surface area contributed by atoms with E-state index in [1.165, 1.54) is 0 Å². The number of hydrogen-bond acceptors (Lipinski definition) is 4. The van der Waals surface area contributed by atoms with Crippen LogP contribution in [0.1, 0.15) is 22.5 Å². The summed E-state index contributed by atoms with van der Waals surface area (Å²) in [6.07, 6.45) is 5.88. The lowest BCUT2D eigenvalue weighted by atomic mass is 9.98. The fourth-order valence-corrected chi connectivity index (χ4v) is 4.30. The van der Waals surface area contributed by atoms with Crippen molar-refractivity contribution in [1.82, 2.24) is 15.6 Å². The number of carbonyl (C=O) groups is 1. The molecule has 4 rings (SSSR count). The number of rotatable bonds is 4. The zero-order chi connectivity index (χ0) is 17.1. The van der Waals surface area contributed by atoms with Gasteiger partial charge in [0.1, 0.15) is 0 Å². The van der Waals surface area contributed by atoms with E-state index in [0.717, 1.165) is 58.6 Å². The minimum Gasteiger partial charge on any atom is -0.351 e. The van der Waals surface area contributed by atoms with Crippen LogP contribution < -0.4 is 10.6 Å². The van der Waals surface area contributed by atoms with E-state index in [1.807, 2.05) is 18.2 Å². The van der Waals surface area contributed by atoms with Crippen LogP contribution in [0.25, 0.3) is 21.2 Å². The number of nitrogens with one attached hydrogen (secondary N) is 2. The summed E-state index contributed by atoms with van der Waals surface area (Å²) in [5, 5.41) is 7.59. The quantitative estimate of drug-likeness (QED) is 0.754. The first kappa shape index (κ1) is 16.2. The number of amides is 1. The van der Waals surface area contributed by atoms with Gasteiger partial charge in [0.15, 0.2) is 0 Å². The fraction of sp³-hybridized carbons (Fsp3) is 0.300. The van der Waals surface area contributed by atoms with Gasteiger partial charge in [-0.15, -0.1) is 11.3 Å². The fourth-order valence-electron chi connectivity index (χ4n) is 3.28. The number of fused-ring (bicyclic) bond motifs is 1. The molecule has 25 heavy (non-hydrogen) atoms. The van der Waals surface area contributed by atoms with Crippen LogP contribution in [0.3, 0.4) is 0 Å². The van der Waals surface area contributed by atoms with Crippen molar-refractivity contribution in [2.45, 2.75) is 12.8 Å². The first-order valence-electron chi connectivity index (χ1n) is 8.72. The molecule has 0 bridgehead atoms. The highest BCUT2D eigenvalue weighted by molar-refractivity contribution is 7.20. The lowest BCUT2D eigenvalue weighted by Gasteiger charge is -2.22. The second-order valence-electron chi connectivity index (χ2n) is 6.50. The maximum atomic E-state index is 12.5. The molecule has 0 aliphatic carbocycles. The van der Waals surface area contributed by atoms with Gasteiger partial charge in [0.2, 0.25) is 0 Å². The smallest absolute Gasteiger partial charge is 0.261 e. The van der Waals surface area contributed by atoms with Crippen LogP contribution in [0.15, 0.2) is 48.8 Å². The van der Waals surface area contributed by atoms with Crippen molar-refractivity contribution < 1.29 is 4.79 Å². The lowest BCUT2D eigenvalue weighted by molar-refractivity contribution is 0.0948. The molecule has 0 radical (unpaired) electrons. The van der Waals surface area contributed by atoms with Gasteiger partial charge in [0.05, 0.1) is 4.88 Å². The Morgan fingerprint density at radius 1 is 1.12 bits per heavy atom. The molecule has 1 aromatic carbocycles. The van der Waals surface area contributed by atoms with E-state index >= 15 is 0 Å². The predicted octanol–water partition coefficient (Wildman–Crippen LogP) is 3.69. The van der Waals surface area contributed by atoms with Crippen LogP contribution in [-0.2, 0) is 0 Å². The van der Waals surface area contributed by atoms with Crippen LogP contribution in [-0.4, -0.2) is 30.5 Å². The number of benzene rings is 1. The van der Waals surface area contributed by atoms with Crippen molar-refractivity contribution in [3.8, 4) is 11.1 Å². The molecule has 0 unspecified atom stereocenters. The van der Waals surface area contributed by atoms with E-state index in [2.05, 4.69) is 33.8 Å². The Balaban J connectivity index is 1.49. The first-order chi connectivity index (χ1) is 12.3.